The lowest BCUT2D eigenvalue weighted by Crippen LogP contribution is -2.29. The number of methoxy groups -OCH3 is 1. The molecule has 8 heteroatoms. The summed E-state index contributed by atoms with van der Waals surface area (Å²) in [5, 5.41) is 7.52. The average Bonchev–Trinajstić information content (AvgIpc) is 3.11. The van der Waals surface area contributed by atoms with Crippen molar-refractivity contribution >= 4 is 34.6 Å². The molecule has 1 aromatic heterocycles. The molecule has 0 spiro atoms. The number of ether oxygens (including phenoxy) is 1. The molecule has 0 saturated carbocycles. The smallest absolute Gasteiger partial charge is 0.356 e. The molecule has 1 amide bonds. The normalized spacial score (nSPS) is 10.7. The van der Waals surface area contributed by atoms with Gasteiger partial charge in [-0.05, 0) is 6.07 Å². The molecule has 1 heterocycles. The van der Waals surface area contributed by atoms with E-state index in [0.717, 1.165) is 0 Å². The molecule has 0 aliphatic rings. The number of carbonyl (C=O) groups is 3. The fourth-order valence-electron chi connectivity index (χ4n) is 1.68. The van der Waals surface area contributed by atoms with Gasteiger partial charge in [0.1, 0.15) is 5.70 Å². The Kier molecular flexibility index (Phi) is 5.59. The largest absolute Gasteiger partial charge is 0.464 e. The third-order valence-electron chi connectivity index (χ3n) is 2.76. The number of hydrogen-bond acceptors (Lipinski definition) is 7. The van der Waals surface area contributed by atoms with Crippen LogP contribution in [-0.2, 0) is 9.53 Å². The van der Waals surface area contributed by atoms with Crippen LogP contribution < -0.4 is 10.6 Å². The highest BCUT2D eigenvalue weighted by Crippen LogP contribution is 2.11. The van der Waals surface area contributed by atoms with Gasteiger partial charge in [0.25, 0.3) is 5.91 Å². The Balaban J connectivity index is 2.20. The van der Waals surface area contributed by atoms with Crippen LogP contribution in [0.1, 0.15) is 20.7 Å². The van der Waals surface area contributed by atoms with Gasteiger partial charge >= 0.3 is 5.97 Å². The first-order chi connectivity index (χ1) is 11.2. The third kappa shape index (κ3) is 4.24. The van der Waals surface area contributed by atoms with Gasteiger partial charge in [-0.2, -0.15) is 0 Å². The zero-order valence-corrected chi connectivity index (χ0v) is 12.9. The van der Waals surface area contributed by atoms with Crippen molar-refractivity contribution in [3.63, 3.8) is 0 Å². The number of thiazole rings is 1. The summed E-state index contributed by atoms with van der Waals surface area (Å²) in [7, 11) is 1.20. The zero-order valence-electron chi connectivity index (χ0n) is 12.1. The number of carbonyl (C=O) groups excluding carboxylic acids is 3. The number of nitrogens with zero attached hydrogens (tertiary/aromatic N) is 1. The SMILES string of the molecule is COC(=O)C(=CNc1nccs1)NC(=O)c1ccccc1C=O. The number of rotatable bonds is 6. The summed E-state index contributed by atoms with van der Waals surface area (Å²) in [4.78, 5) is 39.0. The first kappa shape index (κ1) is 16.4. The van der Waals surface area contributed by atoms with E-state index in [4.69, 9.17) is 0 Å². The van der Waals surface area contributed by atoms with Crippen LogP contribution >= 0.6 is 11.3 Å². The van der Waals surface area contributed by atoms with E-state index in [1.54, 1.807) is 23.7 Å². The number of aldehydes is 1. The molecule has 0 aliphatic heterocycles. The third-order valence-corrected chi connectivity index (χ3v) is 3.46. The van der Waals surface area contributed by atoms with Gasteiger partial charge in [-0.15, -0.1) is 11.3 Å². The van der Waals surface area contributed by atoms with E-state index >= 15 is 0 Å². The van der Waals surface area contributed by atoms with Crippen molar-refractivity contribution in [3.05, 3.63) is 58.9 Å². The van der Waals surface area contributed by atoms with Crippen LogP contribution in [0.4, 0.5) is 5.13 Å². The lowest BCUT2D eigenvalue weighted by molar-refractivity contribution is -0.136. The predicted octanol–water partition coefficient (Wildman–Crippen LogP) is 1.81. The topological polar surface area (TPSA) is 97.4 Å². The lowest BCUT2D eigenvalue weighted by Gasteiger charge is -2.09. The Morgan fingerprint density at radius 1 is 1.30 bits per heavy atom. The first-order valence-corrected chi connectivity index (χ1v) is 7.33. The highest BCUT2D eigenvalue weighted by atomic mass is 32.1. The van der Waals surface area contributed by atoms with Crippen molar-refractivity contribution in [2.45, 2.75) is 0 Å². The maximum atomic E-state index is 12.3. The van der Waals surface area contributed by atoms with Crippen LogP contribution in [0.15, 0.2) is 47.7 Å². The van der Waals surface area contributed by atoms with Crippen LogP contribution in [0.25, 0.3) is 0 Å². The minimum absolute atomic E-state index is 0.103. The van der Waals surface area contributed by atoms with Gasteiger partial charge in [-0.3, -0.25) is 9.59 Å². The number of amides is 1. The van der Waals surface area contributed by atoms with E-state index in [9.17, 15) is 14.4 Å². The van der Waals surface area contributed by atoms with Crippen LogP contribution in [0.2, 0.25) is 0 Å². The molecule has 2 rings (SSSR count). The molecular formula is C15H13N3O4S. The van der Waals surface area contributed by atoms with Gasteiger partial charge < -0.3 is 15.4 Å². The Morgan fingerprint density at radius 3 is 2.74 bits per heavy atom. The molecule has 0 unspecified atom stereocenters. The number of benzene rings is 1. The molecule has 0 atom stereocenters. The van der Waals surface area contributed by atoms with E-state index in [2.05, 4.69) is 20.4 Å². The Bertz CT molecular complexity index is 741. The van der Waals surface area contributed by atoms with Gasteiger partial charge in [0, 0.05) is 23.3 Å². The summed E-state index contributed by atoms with van der Waals surface area (Å²) in [6.45, 7) is 0. The second kappa shape index (κ2) is 7.85. The first-order valence-electron chi connectivity index (χ1n) is 6.45. The number of nitrogens with one attached hydrogen (secondary N) is 2. The molecule has 118 valence electrons. The Labute approximate surface area is 136 Å². The fourth-order valence-corrected chi connectivity index (χ4v) is 2.18. The van der Waals surface area contributed by atoms with Crippen molar-refractivity contribution < 1.29 is 19.1 Å². The standard InChI is InChI=1S/C15H13N3O4S/c1-22-14(21)12(8-17-15-16-6-7-23-15)18-13(20)11-5-3-2-4-10(11)9-19/h2-9H,1H3,(H,16,17)(H,18,20). The second-order valence-corrected chi connectivity index (χ2v) is 5.08. The number of esters is 1. The molecule has 7 nitrogen and oxygen atoms in total. The van der Waals surface area contributed by atoms with E-state index in [1.807, 2.05) is 0 Å². The number of anilines is 1. The Hall–Kier alpha value is -3.00. The highest BCUT2D eigenvalue weighted by molar-refractivity contribution is 7.13. The van der Waals surface area contributed by atoms with Crippen molar-refractivity contribution in [2.75, 3.05) is 12.4 Å². The van der Waals surface area contributed by atoms with Crippen LogP contribution in [0, 0.1) is 0 Å². The maximum absolute atomic E-state index is 12.3. The lowest BCUT2D eigenvalue weighted by atomic mass is 10.1. The Morgan fingerprint density at radius 2 is 2.09 bits per heavy atom. The molecule has 0 fully saturated rings. The summed E-state index contributed by atoms with van der Waals surface area (Å²) < 4.78 is 4.63. The van der Waals surface area contributed by atoms with Crippen molar-refractivity contribution in [2.24, 2.45) is 0 Å². The summed E-state index contributed by atoms with van der Waals surface area (Å²) in [6, 6.07) is 6.26. The number of hydrogen-bond donors (Lipinski definition) is 2. The molecule has 0 bridgehead atoms. The predicted molar refractivity (Wildman–Crippen MR) is 85.1 cm³/mol. The summed E-state index contributed by atoms with van der Waals surface area (Å²) in [6.07, 6.45) is 3.45. The monoisotopic (exact) mass is 331 g/mol. The summed E-state index contributed by atoms with van der Waals surface area (Å²) in [5.74, 6) is -1.32. The summed E-state index contributed by atoms with van der Waals surface area (Å²) >= 11 is 1.33. The zero-order chi connectivity index (χ0) is 16.7. The molecule has 2 N–H and O–H groups in total. The van der Waals surface area contributed by atoms with Crippen LogP contribution in [0.3, 0.4) is 0 Å². The van der Waals surface area contributed by atoms with Crippen LogP contribution in [-0.4, -0.2) is 30.3 Å². The van der Waals surface area contributed by atoms with E-state index in [1.165, 1.54) is 36.8 Å². The van der Waals surface area contributed by atoms with Crippen molar-refractivity contribution in [1.29, 1.82) is 0 Å². The fraction of sp³-hybridized carbons (Fsp3) is 0.0667. The maximum Gasteiger partial charge on any atom is 0.356 e. The van der Waals surface area contributed by atoms with Crippen molar-refractivity contribution in [1.82, 2.24) is 10.3 Å². The molecule has 2 aromatic rings. The molecule has 0 saturated heterocycles. The second-order valence-electron chi connectivity index (χ2n) is 4.19. The van der Waals surface area contributed by atoms with Gasteiger partial charge in [-0.1, -0.05) is 18.2 Å². The molecule has 1 aromatic carbocycles. The average molecular weight is 331 g/mol. The van der Waals surface area contributed by atoms with Crippen molar-refractivity contribution in [3.8, 4) is 0 Å². The van der Waals surface area contributed by atoms with Gasteiger partial charge in [0.15, 0.2) is 11.4 Å². The molecule has 0 aliphatic carbocycles. The summed E-state index contributed by atoms with van der Waals surface area (Å²) in [5.41, 5.74) is 0.280. The quantitative estimate of drug-likeness (QED) is 0.476. The van der Waals surface area contributed by atoms with Gasteiger partial charge in [0.05, 0.1) is 12.7 Å². The van der Waals surface area contributed by atoms with E-state index in [-0.39, 0.29) is 16.8 Å². The minimum Gasteiger partial charge on any atom is -0.464 e. The molecule has 23 heavy (non-hydrogen) atoms. The minimum atomic E-state index is -0.731. The van der Waals surface area contributed by atoms with Gasteiger partial charge in [-0.25, -0.2) is 9.78 Å². The molecular weight excluding hydrogens is 318 g/mol. The van der Waals surface area contributed by atoms with Gasteiger partial charge in [0.2, 0.25) is 0 Å². The van der Waals surface area contributed by atoms with E-state index < -0.39 is 11.9 Å². The van der Waals surface area contributed by atoms with Crippen LogP contribution in [0.5, 0.6) is 0 Å². The highest BCUT2D eigenvalue weighted by Gasteiger charge is 2.17. The number of aromatic nitrogens is 1. The molecule has 0 radical (unpaired) electrons. The van der Waals surface area contributed by atoms with E-state index in [0.29, 0.717) is 11.4 Å².